The smallest absolute Gasteiger partial charge is 0.337 e. The van der Waals surface area contributed by atoms with Gasteiger partial charge in [0, 0.05) is 29.5 Å². The largest absolute Gasteiger partial charge is 0.465 e. The molecule has 0 aromatic heterocycles. The summed E-state index contributed by atoms with van der Waals surface area (Å²) >= 11 is 0. The van der Waals surface area contributed by atoms with Crippen LogP contribution < -0.4 is 10.2 Å². The number of rotatable bonds is 8. The van der Waals surface area contributed by atoms with Crippen LogP contribution in [0.25, 0.3) is 12.2 Å². The Morgan fingerprint density at radius 3 is 1.49 bits per heavy atom. The summed E-state index contributed by atoms with van der Waals surface area (Å²) in [6.07, 6.45) is 3.86. The van der Waals surface area contributed by atoms with Gasteiger partial charge in [-0.2, -0.15) is 0 Å². The van der Waals surface area contributed by atoms with Gasteiger partial charge in [-0.3, -0.25) is 9.59 Å². The molecule has 206 valence electrons. The van der Waals surface area contributed by atoms with Crippen LogP contribution in [0.4, 0.5) is 11.4 Å². The van der Waals surface area contributed by atoms with E-state index in [1.54, 1.807) is 55.6 Å². The first-order valence-corrected chi connectivity index (χ1v) is 12.6. The van der Waals surface area contributed by atoms with Crippen LogP contribution in [0.15, 0.2) is 97.1 Å². The van der Waals surface area contributed by atoms with E-state index in [1.807, 2.05) is 48.6 Å². The van der Waals surface area contributed by atoms with Crippen molar-refractivity contribution < 1.29 is 28.7 Å². The molecule has 4 aromatic carbocycles. The number of anilines is 2. The van der Waals surface area contributed by atoms with E-state index in [1.165, 1.54) is 31.3 Å². The number of benzene rings is 4. The number of ether oxygens (including phenoxy) is 2. The molecule has 0 unspecified atom stereocenters. The van der Waals surface area contributed by atoms with Gasteiger partial charge in [-0.05, 0) is 83.9 Å². The van der Waals surface area contributed by atoms with Crippen LogP contribution in [0.5, 0.6) is 0 Å². The van der Waals surface area contributed by atoms with Gasteiger partial charge < -0.3 is 19.7 Å². The highest BCUT2D eigenvalue weighted by Gasteiger charge is 2.15. The highest BCUT2D eigenvalue weighted by molar-refractivity contribution is 6.07. The van der Waals surface area contributed by atoms with Crippen molar-refractivity contribution in [3.05, 3.63) is 130 Å². The van der Waals surface area contributed by atoms with E-state index < -0.39 is 5.97 Å². The molecule has 0 fully saturated rings. The van der Waals surface area contributed by atoms with Crippen molar-refractivity contribution in [2.24, 2.45) is 0 Å². The third kappa shape index (κ3) is 7.13. The number of methoxy groups -OCH3 is 2. The molecule has 0 bridgehead atoms. The Hall–Kier alpha value is -5.50. The molecule has 8 heteroatoms. The highest BCUT2D eigenvalue weighted by atomic mass is 16.5. The second-order valence-electron chi connectivity index (χ2n) is 9.00. The first-order chi connectivity index (χ1) is 19.8. The van der Waals surface area contributed by atoms with Crippen molar-refractivity contribution in [1.29, 1.82) is 0 Å². The first-order valence-electron chi connectivity index (χ1n) is 12.6. The fourth-order valence-electron chi connectivity index (χ4n) is 3.94. The normalized spacial score (nSPS) is 10.6. The fraction of sp³-hybridized carbons (Fsp3) is 0.0909. The Labute approximate surface area is 237 Å². The Morgan fingerprint density at radius 2 is 1.00 bits per heavy atom. The van der Waals surface area contributed by atoms with E-state index in [0.29, 0.717) is 33.6 Å². The number of nitrogens with zero attached hydrogens (tertiary/aromatic N) is 1. The molecule has 0 heterocycles. The van der Waals surface area contributed by atoms with Gasteiger partial charge in [-0.15, -0.1) is 0 Å². The van der Waals surface area contributed by atoms with Gasteiger partial charge >= 0.3 is 11.9 Å². The molecular weight excluding hydrogens is 520 g/mol. The zero-order valence-corrected chi connectivity index (χ0v) is 22.8. The average molecular weight is 549 g/mol. The molecular formula is C33H28N2O6. The lowest BCUT2D eigenvalue weighted by Gasteiger charge is -2.18. The molecule has 0 aliphatic carbocycles. The molecule has 0 aliphatic rings. The second-order valence-corrected chi connectivity index (χ2v) is 9.00. The SMILES string of the molecule is COC(=O)c1ccc(/C=C/c2ccc(NC(=O)c3ccc(N(C)C(=O)c4ccc(C(=O)OC)cc4)cc3)cc2)cc1. The summed E-state index contributed by atoms with van der Waals surface area (Å²) in [5, 5.41) is 2.87. The average Bonchev–Trinajstić information content (AvgIpc) is 3.03. The molecule has 4 aromatic rings. The lowest BCUT2D eigenvalue weighted by Crippen LogP contribution is -2.26. The van der Waals surface area contributed by atoms with Crippen LogP contribution in [-0.2, 0) is 9.47 Å². The van der Waals surface area contributed by atoms with Gasteiger partial charge in [0.15, 0.2) is 0 Å². The van der Waals surface area contributed by atoms with E-state index in [-0.39, 0.29) is 17.8 Å². The zero-order chi connectivity index (χ0) is 29.4. The monoisotopic (exact) mass is 548 g/mol. The number of carbonyl (C=O) groups excluding carboxylic acids is 4. The molecule has 0 saturated heterocycles. The molecule has 41 heavy (non-hydrogen) atoms. The fourth-order valence-corrected chi connectivity index (χ4v) is 3.94. The quantitative estimate of drug-likeness (QED) is 0.215. The van der Waals surface area contributed by atoms with Crippen molar-refractivity contribution >= 4 is 47.3 Å². The van der Waals surface area contributed by atoms with Crippen LogP contribution in [0.2, 0.25) is 0 Å². The Morgan fingerprint density at radius 1 is 0.585 bits per heavy atom. The Bertz CT molecular complexity index is 1570. The van der Waals surface area contributed by atoms with Crippen LogP contribution in [0, 0.1) is 0 Å². The molecule has 4 rings (SSSR count). The maximum absolute atomic E-state index is 12.9. The van der Waals surface area contributed by atoms with Crippen LogP contribution in [0.3, 0.4) is 0 Å². The Kier molecular flexibility index (Phi) is 9.06. The predicted octanol–water partition coefficient (Wildman–Crippen LogP) is 5.96. The van der Waals surface area contributed by atoms with Gasteiger partial charge in [0.05, 0.1) is 25.3 Å². The van der Waals surface area contributed by atoms with Crippen molar-refractivity contribution in [3.63, 3.8) is 0 Å². The van der Waals surface area contributed by atoms with E-state index in [4.69, 9.17) is 4.74 Å². The number of esters is 2. The summed E-state index contributed by atoms with van der Waals surface area (Å²) in [4.78, 5) is 50.3. The predicted molar refractivity (Wildman–Crippen MR) is 158 cm³/mol. The number of amides is 2. The summed E-state index contributed by atoms with van der Waals surface area (Å²) < 4.78 is 9.39. The van der Waals surface area contributed by atoms with Gasteiger partial charge in [0.1, 0.15) is 0 Å². The van der Waals surface area contributed by atoms with E-state index in [9.17, 15) is 19.2 Å². The molecule has 2 amide bonds. The lowest BCUT2D eigenvalue weighted by molar-refractivity contribution is 0.0592. The molecule has 0 atom stereocenters. The molecule has 0 aliphatic heterocycles. The second kappa shape index (κ2) is 13.0. The van der Waals surface area contributed by atoms with E-state index >= 15 is 0 Å². The van der Waals surface area contributed by atoms with Crippen LogP contribution in [-0.4, -0.2) is 45.0 Å². The van der Waals surface area contributed by atoms with Crippen molar-refractivity contribution in [2.75, 3.05) is 31.5 Å². The number of hydrogen-bond acceptors (Lipinski definition) is 6. The summed E-state index contributed by atoms with van der Waals surface area (Å²) in [5.41, 5.74) is 4.83. The summed E-state index contributed by atoms with van der Waals surface area (Å²) in [7, 11) is 4.28. The molecule has 1 N–H and O–H groups in total. The van der Waals surface area contributed by atoms with E-state index in [2.05, 4.69) is 10.1 Å². The highest BCUT2D eigenvalue weighted by Crippen LogP contribution is 2.19. The molecule has 0 radical (unpaired) electrons. The van der Waals surface area contributed by atoms with Crippen LogP contribution >= 0.6 is 0 Å². The zero-order valence-electron chi connectivity index (χ0n) is 22.8. The summed E-state index contributed by atoms with van der Waals surface area (Å²) in [5.74, 6) is -1.39. The topological polar surface area (TPSA) is 102 Å². The van der Waals surface area contributed by atoms with Crippen molar-refractivity contribution in [3.8, 4) is 0 Å². The summed E-state index contributed by atoms with van der Waals surface area (Å²) in [6.45, 7) is 0. The number of nitrogens with one attached hydrogen (secondary N) is 1. The number of carbonyl (C=O) groups is 4. The standard InChI is InChI=1S/C33H28N2O6/c1-35(31(37)25-12-14-27(15-13-25)33(39)41-3)29-20-16-24(17-21-29)30(36)34-28-18-8-23(9-19-28)5-4-22-6-10-26(11-7-22)32(38)40-2/h4-21H,1-3H3,(H,34,36)/b5-4+. The van der Waals surface area contributed by atoms with Crippen LogP contribution in [0.1, 0.15) is 52.6 Å². The third-order valence-electron chi connectivity index (χ3n) is 6.34. The van der Waals surface area contributed by atoms with Gasteiger partial charge in [0.2, 0.25) is 0 Å². The van der Waals surface area contributed by atoms with Crippen molar-refractivity contribution in [1.82, 2.24) is 0 Å². The first kappa shape index (κ1) is 28.5. The maximum atomic E-state index is 12.9. The molecule has 0 spiro atoms. The molecule has 8 nitrogen and oxygen atoms in total. The van der Waals surface area contributed by atoms with Gasteiger partial charge in [0.25, 0.3) is 11.8 Å². The van der Waals surface area contributed by atoms with Gasteiger partial charge in [-0.1, -0.05) is 36.4 Å². The Balaban J connectivity index is 1.34. The minimum atomic E-state index is -0.472. The van der Waals surface area contributed by atoms with Crippen molar-refractivity contribution in [2.45, 2.75) is 0 Å². The minimum absolute atomic E-state index is 0.258. The minimum Gasteiger partial charge on any atom is -0.465 e. The molecule has 0 saturated carbocycles. The third-order valence-corrected chi connectivity index (χ3v) is 6.34. The summed E-state index contributed by atoms with van der Waals surface area (Å²) in [6, 6.07) is 27.4. The lowest BCUT2D eigenvalue weighted by atomic mass is 10.1. The number of hydrogen-bond donors (Lipinski definition) is 1. The van der Waals surface area contributed by atoms with Gasteiger partial charge in [-0.25, -0.2) is 9.59 Å². The van der Waals surface area contributed by atoms with E-state index in [0.717, 1.165) is 11.1 Å². The maximum Gasteiger partial charge on any atom is 0.337 e.